The number of ether oxygens (including phenoxy) is 2. The predicted octanol–water partition coefficient (Wildman–Crippen LogP) is 8.20. The molecule has 2 heterocycles. The average molecular weight is 689 g/mol. The number of aryl methyl sites for hydroxylation is 2. The van der Waals surface area contributed by atoms with Crippen molar-refractivity contribution in [2.24, 2.45) is 0 Å². The number of fused-ring (bicyclic) bond motifs is 2. The van der Waals surface area contributed by atoms with Crippen LogP contribution in [-0.4, -0.2) is 63.8 Å². The summed E-state index contributed by atoms with van der Waals surface area (Å²) < 4.78 is 67.4. The van der Waals surface area contributed by atoms with E-state index in [0.29, 0.717) is 37.8 Å². The van der Waals surface area contributed by atoms with Gasteiger partial charge < -0.3 is 9.47 Å². The van der Waals surface area contributed by atoms with Crippen LogP contribution < -0.4 is 9.47 Å². The van der Waals surface area contributed by atoms with Crippen molar-refractivity contribution < 1.29 is 26.3 Å². The Labute approximate surface area is 284 Å². The maximum atomic E-state index is 13.2. The van der Waals surface area contributed by atoms with Gasteiger partial charge in [-0.2, -0.15) is 8.61 Å². The largest absolute Gasteiger partial charge is 0.492 e. The minimum absolute atomic E-state index is 0.0742. The zero-order valence-electron chi connectivity index (χ0n) is 29.3. The molecule has 0 aromatic heterocycles. The van der Waals surface area contributed by atoms with Gasteiger partial charge >= 0.3 is 0 Å². The summed E-state index contributed by atoms with van der Waals surface area (Å²) in [7, 11) is -7.11. The summed E-state index contributed by atoms with van der Waals surface area (Å²) in [4.78, 5) is 0.564. The van der Waals surface area contributed by atoms with Crippen molar-refractivity contribution in [3.8, 4) is 11.5 Å². The number of nitrogens with zero attached hydrogens (tertiary/aromatic N) is 2. The van der Waals surface area contributed by atoms with Crippen molar-refractivity contribution in [1.29, 1.82) is 0 Å². The summed E-state index contributed by atoms with van der Waals surface area (Å²) in [6, 6.07) is 10.5. The zero-order chi connectivity index (χ0) is 34.5. The second-order valence-electron chi connectivity index (χ2n) is 12.9. The van der Waals surface area contributed by atoms with E-state index in [-0.39, 0.29) is 21.9 Å². The molecule has 0 spiro atoms. The molecule has 0 N–H and O–H groups in total. The van der Waals surface area contributed by atoms with Crippen LogP contribution in [0.25, 0.3) is 0 Å². The first kappa shape index (κ1) is 38.8. The molecule has 0 atom stereocenters. The maximum absolute atomic E-state index is 13.2. The first-order valence-corrected chi connectivity index (χ1v) is 20.0. The summed E-state index contributed by atoms with van der Waals surface area (Å²) >= 11 is 0. The van der Waals surface area contributed by atoms with Crippen LogP contribution in [0.5, 0.6) is 11.5 Å². The maximum Gasteiger partial charge on any atom is 0.246 e. The molecule has 8 nitrogen and oxygen atoms in total. The molecule has 0 aliphatic carbocycles. The SMILES string of the molecule is Cc1ccc2c(c1)OCC/C=C\CCCCN(C(C)C)S2(=O)=O.Cc1ccc2c(c1)OCCC/C=C\CCCCN(C(C)C)S2(=O)=O. The fourth-order valence-corrected chi connectivity index (χ4v) is 9.18. The van der Waals surface area contributed by atoms with Gasteiger partial charge in [-0.1, -0.05) is 36.4 Å². The van der Waals surface area contributed by atoms with Crippen LogP contribution in [0.15, 0.2) is 70.5 Å². The highest BCUT2D eigenvalue weighted by Crippen LogP contribution is 2.31. The Morgan fingerprint density at radius 2 is 0.957 bits per heavy atom. The highest BCUT2D eigenvalue weighted by Gasteiger charge is 2.31. The van der Waals surface area contributed by atoms with Gasteiger partial charge in [-0.25, -0.2) is 16.8 Å². The minimum atomic E-state index is -3.56. The molecule has 4 rings (SSSR count). The second-order valence-corrected chi connectivity index (χ2v) is 16.6. The standard InChI is InChI=1S/C19H29NO3S.C18H27NO3S/c1-16(2)20-13-9-7-5-4-6-8-10-14-23-18-15-17(3)11-12-19(18)24(20,21)22;1-15(2)19-12-8-6-4-5-7-9-13-22-17-14-16(3)10-11-18(17)23(19,20)21/h4,6,11-12,15-16H,5,7-10,13-14H2,1-3H3;5,7,10-11,14-15H,4,6,8-9,12-13H2,1-3H3/b6-4-;7-5-. The number of sulfonamides is 2. The Bertz CT molecular complexity index is 1550. The van der Waals surface area contributed by atoms with E-state index in [2.05, 4.69) is 24.3 Å². The van der Waals surface area contributed by atoms with Crippen LogP contribution in [0.2, 0.25) is 0 Å². The lowest BCUT2D eigenvalue weighted by atomic mass is 10.2. The van der Waals surface area contributed by atoms with Gasteiger partial charge in [0.05, 0.1) is 13.2 Å². The molecule has 0 bridgehead atoms. The molecule has 0 radical (unpaired) electrons. The Hall–Kier alpha value is -2.66. The average Bonchev–Trinajstić information content (AvgIpc) is 3.00. The number of allylic oxidation sites excluding steroid dienone is 3. The monoisotopic (exact) mass is 688 g/mol. The number of benzene rings is 2. The van der Waals surface area contributed by atoms with E-state index < -0.39 is 20.0 Å². The summed E-state index contributed by atoms with van der Waals surface area (Å²) in [5, 5.41) is 0. The van der Waals surface area contributed by atoms with Crippen LogP contribution in [0.4, 0.5) is 0 Å². The lowest BCUT2D eigenvalue weighted by Gasteiger charge is -2.27. The smallest absolute Gasteiger partial charge is 0.246 e. The van der Waals surface area contributed by atoms with Crippen molar-refractivity contribution >= 4 is 20.0 Å². The van der Waals surface area contributed by atoms with E-state index in [0.717, 1.165) is 68.9 Å². The molecule has 2 aliphatic heterocycles. The summed E-state index contributed by atoms with van der Waals surface area (Å²) in [5.74, 6) is 0.935. The Kier molecular flexibility index (Phi) is 15.5. The summed E-state index contributed by atoms with van der Waals surface area (Å²) in [6.45, 7) is 13.7. The van der Waals surface area contributed by atoms with Gasteiger partial charge in [-0.15, -0.1) is 0 Å². The molecule has 0 saturated carbocycles. The molecule has 0 amide bonds. The molecule has 47 heavy (non-hydrogen) atoms. The van der Waals surface area contributed by atoms with E-state index in [1.165, 1.54) is 0 Å². The normalized spacial score (nSPS) is 21.4. The fraction of sp³-hybridized carbons (Fsp3) is 0.568. The van der Waals surface area contributed by atoms with Crippen molar-refractivity contribution in [2.45, 2.75) is 121 Å². The molecule has 262 valence electrons. The third-order valence-corrected chi connectivity index (χ3v) is 12.4. The van der Waals surface area contributed by atoms with E-state index in [1.807, 2.05) is 65.8 Å². The van der Waals surface area contributed by atoms with Gasteiger partial charge in [0.25, 0.3) is 0 Å². The Morgan fingerprint density at radius 3 is 1.40 bits per heavy atom. The molecule has 10 heteroatoms. The van der Waals surface area contributed by atoms with Crippen molar-refractivity contribution in [1.82, 2.24) is 8.61 Å². The minimum Gasteiger partial charge on any atom is -0.492 e. The zero-order valence-corrected chi connectivity index (χ0v) is 30.9. The van der Waals surface area contributed by atoms with Crippen LogP contribution in [0.3, 0.4) is 0 Å². The van der Waals surface area contributed by atoms with Crippen LogP contribution in [0.1, 0.15) is 96.6 Å². The lowest BCUT2D eigenvalue weighted by Crippen LogP contribution is -2.38. The van der Waals surface area contributed by atoms with Gasteiger partial charge in [0.2, 0.25) is 20.0 Å². The highest BCUT2D eigenvalue weighted by molar-refractivity contribution is 7.89. The fourth-order valence-electron chi connectivity index (χ4n) is 5.60. The van der Waals surface area contributed by atoms with Gasteiger partial charge in [-0.3, -0.25) is 0 Å². The van der Waals surface area contributed by atoms with Crippen LogP contribution in [0, 0.1) is 13.8 Å². The topological polar surface area (TPSA) is 93.2 Å². The van der Waals surface area contributed by atoms with Gasteiger partial charge in [0.1, 0.15) is 21.3 Å². The number of hydrogen-bond acceptors (Lipinski definition) is 6. The molecule has 2 aliphatic rings. The van der Waals surface area contributed by atoms with Crippen molar-refractivity contribution in [3.63, 3.8) is 0 Å². The first-order valence-electron chi connectivity index (χ1n) is 17.2. The lowest BCUT2D eigenvalue weighted by molar-refractivity contribution is 0.299. The van der Waals surface area contributed by atoms with Crippen LogP contribution in [-0.2, 0) is 20.0 Å². The van der Waals surface area contributed by atoms with Crippen molar-refractivity contribution in [2.75, 3.05) is 26.3 Å². The quantitative estimate of drug-likeness (QED) is 0.296. The number of hydrogen-bond donors (Lipinski definition) is 0. The summed E-state index contributed by atoms with van der Waals surface area (Å²) in [6.07, 6.45) is 17.0. The van der Waals surface area contributed by atoms with Crippen molar-refractivity contribution in [3.05, 3.63) is 71.8 Å². The van der Waals surface area contributed by atoms with E-state index in [4.69, 9.17) is 9.47 Å². The Morgan fingerprint density at radius 1 is 0.553 bits per heavy atom. The van der Waals surface area contributed by atoms with E-state index in [9.17, 15) is 16.8 Å². The molecular weight excluding hydrogens is 633 g/mol. The molecule has 0 fully saturated rings. The van der Waals surface area contributed by atoms with E-state index in [1.54, 1.807) is 20.7 Å². The molecule has 2 aromatic carbocycles. The molecule has 0 unspecified atom stereocenters. The molecule has 2 aromatic rings. The summed E-state index contributed by atoms with van der Waals surface area (Å²) in [5.41, 5.74) is 2.00. The highest BCUT2D eigenvalue weighted by atomic mass is 32.2. The third-order valence-electron chi connectivity index (χ3n) is 8.17. The van der Waals surface area contributed by atoms with Crippen LogP contribution >= 0.6 is 0 Å². The van der Waals surface area contributed by atoms with Gasteiger partial charge in [-0.05, 0) is 135 Å². The van der Waals surface area contributed by atoms with Gasteiger partial charge in [0, 0.05) is 25.2 Å². The number of rotatable bonds is 2. The molecule has 0 saturated heterocycles. The Balaban J connectivity index is 0.000000256. The third kappa shape index (κ3) is 11.5. The molecular formula is C37H56N2O6S2. The second kappa shape index (κ2) is 18.8. The predicted molar refractivity (Wildman–Crippen MR) is 191 cm³/mol. The van der Waals surface area contributed by atoms with E-state index >= 15 is 0 Å². The van der Waals surface area contributed by atoms with Gasteiger partial charge in [0.15, 0.2) is 0 Å². The first-order chi connectivity index (χ1) is 22.4.